The SMILES string of the molecule is CC(=O)N/N=C1/C[C@@H](C)CC[C@@H]1C(C)C. The lowest BCUT2D eigenvalue weighted by Gasteiger charge is -2.30. The molecule has 15 heavy (non-hydrogen) atoms. The summed E-state index contributed by atoms with van der Waals surface area (Å²) in [6.07, 6.45) is 3.52. The lowest BCUT2D eigenvalue weighted by molar-refractivity contribution is -0.118. The van der Waals surface area contributed by atoms with Gasteiger partial charge in [-0.05, 0) is 31.1 Å². The Balaban J connectivity index is 2.69. The molecule has 1 rings (SSSR count). The van der Waals surface area contributed by atoms with Crippen molar-refractivity contribution in [3.63, 3.8) is 0 Å². The van der Waals surface area contributed by atoms with E-state index in [1.165, 1.54) is 25.5 Å². The average Bonchev–Trinajstić information content (AvgIpc) is 2.14. The topological polar surface area (TPSA) is 41.5 Å². The average molecular weight is 210 g/mol. The van der Waals surface area contributed by atoms with Gasteiger partial charge in [0.25, 0.3) is 0 Å². The molecule has 1 aliphatic carbocycles. The molecule has 0 radical (unpaired) electrons. The van der Waals surface area contributed by atoms with Crippen LogP contribution in [-0.4, -0.2) is 11.6 Å². The number of nitrogens with one attached hydrogen (secondary N) is 1. The fourth-order valence-corrected chi connectivity index (χ4v) is 2.24. The molecule has 1 saturated carbocycles. The Morgan fingerprint density at radius 3 is 2.67 bits per heavy atom. The van der Waals surface area contributed by atoms with Gasteiger partial charge in [-0.3, -0.25) is 4.79 Å². The summed E-state index contributed by atoms with van der Waals surface area (Å²) < 4.78 is 0. The molecule has 0 aliphatic heterocycles. The highest BCUT2D eigenvalue weighted by atomic mass is 16.2. The van der Waals surface area contributed by atoms with Gasteiger partial charge < -0.3 is 0 Å². The fourth-order valence-electron chi connectivity index (χ4n) is 2.24. The van der Waals surface area contributed by atoms with E-state index >= 15 is 0 Å². The fraction of sp³-hybridized carbons (Fsp3) is 0.833. The predicted octanol–water partition coefficient (Wildman–Crippen LogP) is 2.57. The minimum atomic E-state index is -0.0803. The number of amides is 1. The lowest BCUT2D eigenvalue weighted by atomic mass is 9.76. The molecule has 86 valence electrons. The van der Waals surface area contributed by atoms with Gasteiger partial charge in [0, 0.05) is 18.6 Å². The quantitative estimate of drug-likeness (QED) is 0.699. The van der Waals surface area contributed by atoms with E-state index in [1.54, 1.807) is 0 Å². The normalized spacial score (nSPS) is 29.5. The number of carbonyl (C=O) groups excluding carboxylic acids is 1. The number of rotatable bonds is 2. The predicted molar refractivity (Wildman–Crippen MR) is 62.6 cm³/mol. The molecule has 2 atom stereocenters. The first-order valence-electron chi connectivity index (χ1n) is 5.83. The molecule has 0 bridgehead atoms. The van der Waals surface area contributed by atoms with Crippen LogP contribution in [0.1, 0.15) is 47.0 Å². The second kappa shape index (κ2) is 5.29. The van der Waals surface area contributed by atoms with Gasteiger partial charge >= 0.3 is 0 Å². The molecule has 0 saturated heterocycles. The highest BCUT2D eigenvalue weighted by molar-refractivity contribution is 5.89. The van der Waals surface area contributed by atoms with Crippen LogP contribution in [0.2, 0.25) is 0 Å². The highest BCUT2D eigenvalue weighted by Crippen LogP contribution is 2.30. The van der Waals surface area contributed by atoms with Crippen molar-refractivity contribution >= 4 is 11.6 Å². The molecule has 0 unspecified atom stereocenters. The van der Waals surface area contributed by atoms with Crippen molar-refractivity contribution in [1.82, 2.24) is 5.43 Å². The monoisotopic (exact) mass is 210 g/mol. The van der Waals surface area contributed by atoms with Gasteiger partial charge in [0.05, 0.1) is 0 Å². The molecule has 0 aromatic rings. The van der Waals surface area contributed by atoms with E-state index in [9.17, 15) is 4.79 Å². The molecule has 1 amide bonds. The van der Waals surface area contributed by atoms with Crippen LogP contribution in [0.25, 0.3) is 0 Å². The Hall–Kier alpha value is -0.860. The molecule has 0 heterocycles. The zero-order valence-electron chi connectivity index (χ0n) is 10.2. The summed E-state index contributed by atoms with van der Waals surface area (Å²) in [6, 6.07) is 0. The summed E-state index contributed by atoms with van der Waals surface area (Å²) in [6.45, 7) is 8.20. The van der Waals surface area contributed by atoms with Crippen LogP contribution in [0.4, 0.5) is 0 Å². The van der Waals surface area contributed by atoms with E-state index in [1.807, 2.05) is 0 Å². The number of hydrogen-bond acceptors (Lipinski definition) is 2. The molecule has 3 nitrogen and oxygen atoms in total. The van der Waals surface area contributed by atoms with E-state index in [0.29, 0.717) is 17.8 Å². The first kappa shape index (κ1) is 12.2. The summed E-state index contributed by atoms with van der Waals surface area (Å²) >= 11 is 0. The summed E-state index contributed by atoms with van der Waals surface area (Å²) in [4.78, 5) is 10.8. The van der Waals surface area contributed by atoms with Crippen LogP contribution < -0.4 is 5.43 Å². The number of hydrazone groups is 1. The first-order valence-corrected chi connectivity index (χ1v) is 5.83. The van der Waals surface area contributed by atoms with E-state index < -0.39 is 0 Å². The molecule has 1 aliphatic rings. The minimum Gasteiger partial charge on any atom is -0.274 e. The van der Waals surface area contributed by atoms with Crippen LogP contribution in [0.3, 0.4) is 0 Å². The van der Waals surface area contributed by atoms with Crippen LogP contribution in [0.5, 0.6) is 0 Å². The number of nitrogens with zero attached hydrogens (tertiary/aromatic N) is 1. The molecule has 1 fully saturated rings. The van der Waals surface area contributed by atoms with Crippen molar-refractivity contribution in [2.24, 2.45) is 22.9 Å². The van der Waals surface area contributed by atoms with Crippen LogP contribution in [-0.2, 0) is 4.79 Å². The van der Waals surface area contributed by atoms with Crippen molar-refractivity contribution in [3.05, 3.63) is 0 Å². The summed E-state index contributed by atoms with van der Waals surface area (Å²) in [7, 11) is 0. The number of carbonyl (C=O) groups is 1. The molecule has 1 N–H and O–H groups in total. The largest absolute Gasteiger partial charge is 0.274 e. The Bertz CT molecular complexity index is 258. The van der Waals surface area contributed by atoms with Gasteiger partial charge in [0.2, 0.25) is 5.91 Å². The van der Waals surface area contributed by atoms with Gasteiger partial charge in [-0.15, -0.1) is 0 Å². The van der Waals surface area contributed by atoms with Gasteiger partial charge in [-0.2, -0.15) is 5.10 Å². The highest BCUT2D eigenvalue weighted by Gasteiger charge is 2.26. The van der Waals surface area contributed by atoms with Crippen LogP contribution in [0, 0.1) is 17.8 Å². The second-order valence-electron chi connectivity index (χ2n) is 5.01. The van der Waals surface area contributed by atoms with E-state index in [2.05, 4.69) is 31.3 Å². The maximum atomic E-state index is 10.8. The second-order valence-corrected chi connectivity index (χ2v) is 5.01. The van der Waals surface area contributed by atoms with Gasteiger partial charge in [0.15, 0.2) is 0 Å². The molecule has 0 spiro atoms. The Labute approximate surface area is 92.3 Å². The maximum absolute atomic E-state index is 10.8. The Kier molecular flexibility index (Phi) is 4.30. The third kappa shape index (κ3) is 3.65. The summed E-state index contributed by atoms with van der Waals surface area (Å²) in [5.41, 5.74) is 3.75. The molecular formula is C12H22N2O. The third-order valence-electron chi connectivity index (χ3n) is 3.12. The van der Waals surface area contributed by atoms with Crippen LogP contribution in [0.15, 0.2) is 5.10 Å². The molecule has 3 heteroatoms. The zero-order chi connectivity index (χ0) is 11.4. The molecule has 0 aromatic carbocycles. The van der Waals surface area contributed by atoms with Crippen molar-refractivity contribution in [3.8, 4) is 0 Å². The standard InChI is InChI=1S/C12H22N2O/c1-8(2)11-6-5-9(3)7-12(11)14-13-10(4)15/h8-9,11H,5-7H2,1-4H3,(H,13,15)/b14-12-/t9-,11+/m0/s1. The van der Waals surface area contributed by atoms with Crippen molar-refractivity contribution in [2.45, 2.75) is 47.0 Å². The molecule has 0 aromatic heterocycles. The lowest BCUT2D eigenvalue weighted by Crippen LogP contribution is -2.30. The van der Waals surface area contributed by atoms with E-state index in [0.717, 1.165) is 6.42 Å². The third-order valence-corrected chi connectivity index (χ3v) is 3.12. The Morgan fingerprint density at radius 1 is 1.47 bits per heavy atom. The first-order chi connectivity index (χ1) is 7.00. The maximum Gasteiger partial charge on any atom is 0.236 e. The summed E-state index contributed by atoms with van der Waals surface area (Å²) in [5.74, 6) is 1.79. The van der Waals surface area contributed by atoms with Crippen LogP contribution >= 0.6 is 0 Å². The van der Waals surface area contributed by atoms with Crippen molar-refractivity contribution in [1.29, 1.82) is 0 Å². The number of hydrogen-bond donors (Lipinski definition) is 1. The van der Waals surface area contributed by atoms with E-state index in [4.69, 9.17) is 0 Å². The zero-order valence-corrected chi connectivity index (χ0v) is 10.2. The summed E-state index contributed by atoms with van der Waals surface area (Å²) in [5, 5.41) is 4.25. The van der Waals surface area contributed by atoms with E-state index in [-0.39, 0.29) is 5.91 Å². The van der Waals surface area contributed by atoms with Gasteiger partial charge in [-0.25, -0.2) is 5.43 Å². The minimum absolute atomic E-state index is 0.0803. The van der Waals surface area contributed by atoms with Crippen molar-refractivity contribution < 1.29 is 4.79 Å². The Morgan fingerprint density at radius 2 is 2.13 bits per heavy atom. The van der Waals surface area contributed by atoms with Gasteiger partial charge in [-0.1, -0.05) is 20.8 Å². The van der Waals surface area contributed by atoms with Gasteiger partial charge in [0.1, 0.15) is 0 Å². The smallest absolute Gasteiger partial charge is 0.236 e. The van der Waals surface area contributed by atoms with Crippen molar-refractivity contribution in [2.75, 3.05) is 0 Å². The molecular weight excluding hydrogens is 188 g/mol.